The first-order valence-corrected chi connectivity index (χ1v) is 14.8. The van der Waals surface area contributed by atoms with Crippen LogP contribution in [0.25, 0.3) is 0 Å². The normalized spacial score (nSPS) is 32.5. The molecule has 1 N–H and O–H groups in total. The highest BCUT2D eigenvalue weighted by Gasteiger charge is 2.76. The third kappa shape index (κ3) is 4.54. The fourth-order valence-corrected chi connectivity index (χ4v) is 8.12. The Kier molecular flexibility index (Phi) is 7.26. The zero-order valence-corrected chi connectivity index (χ0v) is 25.5. The number of fused-ring (bicyclic) bond motifs is 2. The van der Waals surface area contributed by atoms with Gasteiger partial charge in [0.05, 0.1) is 30.1 Å². The largest absolute Gasteiger partial charge is 0.394 e. The van der Waals surface area contributed by atoms with Crippen LogP contribution in [0.2, 0.25) is 0 Å². The minimum Gasteiger partial charge on any atom is -0.394 e. The molecule has 0 aliphatic carbocycles. The molecule has 4 aliphatic rings. The van der Waals surface area contributed by atoms with Gasteiger partial charge < -0.3 is 24.5 Å². The zero-order chi connectivity index (χ0) is 30.0. The van der Waals surface area contributed by atoms with Crippen LogP contribution >= 0.6 is 0 Å². The molecule has 222 valence electrons. The molecule has 0 radical (unpaired) electrons. The van der Waals surface area contributed by atoms with Gasteiger partial charge in [0.25, 0.3) is 0 Å². The molecule has 8 heteroatoms. The van der Waals surface area contributed by atoms with E-state index in [4.69, 9.17) is 4.74 Å². The Bertz CT molecular complexity index is 1270. The maximum Gasteiger partial charge on any atom is 0.249 e. The van der Waals surface area contributed by atoms with Crippen LogP contribution in [0.1, 0.15) is 66.0 Å². The summed E-state index contributed by atoms with van der Waals surface area (Å²) in [4.78, 5) is 48.7. The van der Waals surface area contributed by atoms with Crippen LogP contribution in [-0.4, -0.2) is 87.1 Å². The number of amides is 3. The molecule has 0 saturated carbocycles. The van der Waals surface area contributed by atoms with Gasteiger partial charge in [0, 0.05) is 25.7 Å². The fraction of sp³-hybridized carbons (Fsp3) is 0.606. The van der Waals surface area contributed by atoms with Crippen LogP contribution < -0.4 is 0 Å². The van der Waals surface area contributed by atoms with E-state index in [9.17, 15) is 19.5 Å². The molecular formula is C33H45N3O5. The summed E-state index contributed by atoms with van der Waals surface area (Å²) in [7, 11) is 1.74. The summed E-state index contributed by atoms with van der Waals surface area (Å²) < 4.78 is 7.05. The Hall–Kier alpha value is -2.97. The lowest BCUT2D eigenvalue weighted by Crippen LogP contribution is -2.60. The third-order valence-electron chi connectivity index (χ3n) is 9.47. The molecule has 4 heterocycles. The lowest BCUT2D eigenvalue weighted by atomic mass is 9.73. The first kappa shape index (κ1) is 29.5. The molecule has 1 aromatic carbocycles. The smallest absolute Gasteiger partial charge is 0.249 e. The van der Waals surface area contributed by atoms with Crippen LogP contribution in [0.4, 0.5) is 0 Å². The number of carbonyl (C=O) groups excluding carboxylic acids is 3. The summed E-state index contributed by atoms with van der Waals surface area (Å²) in [5.41, 5.74) is -2.23. The van der Waals surface area contributed by atoms with Crippen LogP contribution in [0.15, 0.2) is 54.6 Å². The van der Waals surface area contributed by atoms with Gasteiger partial charge in [-0.15, -0.1) is 0 Å². The van der Waals surface area contributed by atoms with Crippen molar-refractivity contribution in [2.75, 3.05) is 26.7 Å². The summed E-state index contributed by atoms with van der Waals surface area (Å²) in [6.07, 6.45) is 8.92. The lowest BCUT2D eigenvalue weighted by molar-refractivity contribution is -0.160. The molecule has 3 amide bonds. The maximum atomic E-state index is 14.9. The molecule has 1 spiro atoms. The van der Waals surface area contributed by atoms with E-state index in [1.807, 2.05) is 66.5 Å². The SMILES string of the molecule is CC[C@@]12C=CCN(C)C(=O)[C@@H]1[C@H]1C(=O)N([C@H](CO)c3ccccc3)C3C(=O)N(C(C)(C)CC(C)(C)C)CC=C[C@@]31O2. The predicted molar refractivity (Wildman–Crippen MR) is 157 cm³/mol. The summed E-state index contributed by atoms with van der Waals surface area (Å²) in [5, 5.41) is 10.7. The number of benzene rings is 1. The van der Waals surface area contributed by atoms with E-state index < -0.39 is 40.7 Å². The van der Waals surface area contributed by atoms with Crippen LogP contribution in [-0.2, 0) is 19.1 Å². The van der Waals surface area contributed by atoms with Gasteiger partial charge in [-0.1, -0.05) is 82.3 Å². The van der Waals surface area contributed by atoms with Gasteiger partial charge >= 0.3 is 0 Å². The molecule has 0 aromatic heterocycles. The Morgan fingerprint density at radius 2 is 1.61 bits per heavy atom. The van der Waals surface area contributed by atoms with E-state index >= 15 is 0 Å². The highest BCUT2D eigenvalue weighted by Crippen LogP contribution is 2.60. The van der Waals surface area contributed by atoms with Crippen molar-refractivity contribution in [3.05, 3.63) is 60.2 Å². The minimum absolute atomic E-state index is 0.0476. The topological polar surface area (TPSA) is 90.4 Å². The van der Waals surface area contributed by atoms with E-state index in [0.29, 0.717) is 19.5 Å². The molecule has 4 aliphatic heterocycles. The molecule has 5 rings (SSSR count). The number of likely N-dealkylation sites (tertiary alicyclic amines) is 1. The van der Waals surface area contributed by atoms with Crippen molar-refractivity contribution in [1.29, 1.82) is 0 Å². The van der Waals surface area contributed by atoms with E-state index in [1.165, 1.54) is 0 Å². The van der Waals surface area contributed by atoms with E-state index in [-0.39, 0.29) is 29.7 Å². The van der Waals surface area contributed by atoms with Crippen molar-refractivity contribution in [1.82, 2.24) is 14.7 Å². The van der Waals surface area contributed by atoms with Gasteiger partial charge in [-0.05, 0) is 37.7 Å². The number of aliphatic hydroxyl groups is 1. The Labute approximate surface area is 244 Å². The Morgan fingerprint density at radius 1 is 0.951 bits per heavy atom. The van der Waals surface area contributed by atoms with Crippen molar-refractivity contribution in [3.63, 3.8) is 0 Å². The summed E-state index contributed by atoms with van der Waals surface area (Å²) in [6, 6.07) is 7.49. The monoisotopic (exact) mass is 563 g/mol. The van der Waals surface area contributed by atoms with Gasteiger partial charge in [0.1, 0.15) is 11.6 Å². The average molecular weight is 564 g/mol. The second kappa shape index (κ2) is 10.1. The zero-order valence-electron chi connectivity index (χ0n) is 25.5. The molecule has 41 heavy (non-hydrogen) atoms. The van der Waals surface area contributed by atoms with Crippen LogP contribution in [0.3, 0.4) is 0 Å². The molecule has 0 bridgehead atoms. The summed E-state index contributed by atoms with van der Waals surface area (Å²) in [5.74, 6) is -2.42. The van der Waals surface area contributed by atoms with E-state index in [0.717, 1.165) is 12.0 Å². The first-order chi connectivity index (χ1) is 19.2. The maximum absolute atomic E-state index is 14.9. The predicted octanol–water partition coefficient (Wildman–Crippen LogP) is 3.72. The molecule has 2 saturated heterocycles. The van der Waals surface area contributed by atoms with Gasteiger partial charge in [-0.2, -0.15) is 0 Å². The molecule has 2 fully saturated rings. The molecular weight excluding hydrogens is 518 g/mol. The van der Waals surface area contributed by atoms with Crippen LogP contribution in [0.5, 0.6) is 0 Å². The highest BCUT2D eigenvalue weighted by molar-refractivity contribution is 6.00. The molecule has 8 nitrogen and oxygen atoms in total. The first-order valence-electron chi connectivity index (χ1n) is 14.8. The molecule has 6 atom stereocenters. The van der Waals surface area contributed by atoms with Gasteiger partial charge in [0.15, 0.2) is 0 Å². The van der Waals surface area contributed by atoms with Crippen molar-refractivity contribution < 1.29 is 24.2 Å². The number of hydrogen-bond acceptors (Lipinski definition) is 5. The average Bonchev–Trinajstić information content (AvgIpc) is 3.19. The van der Waals surface area contributed by atoms with Gasteiger partial charge in [-0.25, -0.2) is 0 Å². The minimum atomic E-state index is -1.36. The van der Waals surface area contributed by atoms with E-state index in [1.54, 1.807) is 16.8 Å². The number of carbonyl (C=O) groups is 3. The number of ether oxygens (including phenoxy) is 1. The standard InChI is InChI=1S/C33H45N3O5/c1-8-32-16-12-18-34(7)27(38)24(32)25-28(39)36(23(20-37)22-14-10-9-11-15-22)26-29(40)35(19-13-17-33(25,26)41-32)31(5,6)21-30(2,3)4/h9-17,23-26,37H,8,18-21H2,1-7H3/t23-,24+,25+,26?,32-,33+/m1/s1. The number of likely N-dealkylation sites (N-methyl/N-ethyl adjacent to an activating group) is 1. The Morgan fingerprint density at radius 3 is 2.22 bits per heavy atom. The molecule has 1 aromatic rings. The van der Waals surface area contributed by atoms with Crippen molar-refractivity contribution in [3.8, 4) is 0 Å². The van der Waals surface area contributed by atoms with E-state index in [2.05, 4.69) is 34.6 Å². The summed E-state index contributed by atoms with van der Waals surface area (Å²) >= 11 is 0. The second-order valence-electron chi connectivity index (χ2n) is 14.0. The Balaban J connectivity index is 1.72. The van der Waals surface area contributed by atoms with Crippen molar-refractivity contribution >= 4 is 17.7 Å². The number of aliphatic hydroxyl groups excluding tert-OH is 1. The quantitative estimate of drug-likeness (QED) is 0.533. The molecule has 1 unspecified atom stereocenters. The fourth-order valence-electron chi connectivity index (χ4n) is 8.12. The third-order valence-corrected chi connectivity index (χ3v) is 9.47. The second-order valence-corrected chi connectivity index (χ2v) is 14.0. The number of hydrogen-bond donors (Lipinski definition) is 1. The summed E-state index contributed by atoms with van der Waals surface area (Å²) in [6.45, 7) is 13.0. The van der Waals surface area contributed by atoms with Gasteiger partial charge in [-0.3, -0.25) is 14.4 Å². The van der Waals surface area contributed by atoms with Gasteiger partial charge in [0.2, 0.25) is 17.7 Å². The van der Waals surface area contributed by atoms with Crippen molar-refractivity contribution in [2.24, 2.45) is 17.3 Å². The highest BCUT2D eigenvalue weighted by atomic mass is 16.5. The van der Waals surface area contributed by atoms with Crippen LogP contribution in [0, 0.1) is 17.3 Å². The van der Waals surface area contributed by atoms with Crippen molar-refractivity contribution in [2.45, 2.75) is 83.2 Å². The number of nitrogens with zero attached hydrogens (tertiary/aromatic N) is 3. The lowest BCUT2D eigenvalue weighted by Gasteiger charge is -2.46. The number of rotatable bonds is 6.